The summed E-state index contributed by atoms with van der Waals surface area (Å²) in [5.41, 5.74) is 1.05. The molecule has 0 spiro atoms. The van der Waals surface area contributed by atoms with Crippen LogP contribution in [-0.4, -0.2) is 14.3 Å². The highest BCUT2D eigenvalue weighted by atomic mass is 35.5. The molecule has 1 atom stereocenters. The van der Waals surface area contributed by atoms with Crippen LogP contribution in [0.1, 0.15) is 34.6 Å². The molecule has 0 aliphatic rings. The smallest absolute Gasteiger partial charge is 0.287 e. The van der Waals surface area contributed by atoms with Gasteiger partial charge < -0.3 is 9.73 Å². The van der Waals surface area contributed by atoms with Gasteiger partial charge in [-0.2, -0.15) is 0 Å². The van der Waals surface area contributed by atoms with Crippen LogP contribution in [0.4, 0.5) is 0 Å². The van der Waals surface area contributed by atoms with E-state index in [1.165, 1.54) is 24.5 Å². The number of carbonyl (C=O) groups is 1. The van der Waals surface area contributed by atoms with Crippen LogP contribution in [0, 0.1) is 0 Å². The fraction of sp³-hybridized carbons (Fsp3) is 0.150. The van der Waals surface area contributed by atoms with Gasteiger partial charge in [0.2, 0.25) is 0 Å². The van der Waals surface area contributed by atoms with Crippen molar-refractivity contribution in [3.63, 3.8) is 0 Å². The van der Waals surface area contributed by atoms with Crippen molar-refractivity contribution in [2.24, 2.45) is 0 Å². The van der Waals surface area contributed by atoms with Gasteiger partial charge in [-0.25, -0.2) is 8.42 Å². The summed E-state index contributed by atoms with van der Waals surface area (Å²) in [7, 11) is -3.60. The molecule has 146 valence electrons. The largest absolute Gasteiger partial charge is 0.459 e. The van der Waals surface area contributed by atoms with Crippen molar-refractivity contribution in [3.8, 4) is 0 Å². The fourth-order valence-corrected chi connectivity index (χ4v) is 4.37. The van der Waals surface area contributed by atoms with Gasteiger partial charge in [0.05, 0.1) is 33.0 Å². The number of hydrogen-bond acceptors (Lipinski definition) is 4. The van der Waals surface area contributed by atoms with Crippen LogP contribution in [0.5, 0.6) is 0 Å². The second-order valence-corrected chi connectivity index (χ2v) is 9.02. The molecule has 0 saturated carbocycles. The van der Waals surface area contributed by atoms with Crippen molar-refractivity contribution in [2.75, 3.05) is 0 Å². The van der Waals surface area contributed by atoms with Gasteiger partial charge in [-0.1, -0.05) is 47.5 Å². The van der Waals surface area contributed by atoms with Crippen LogP contribution < -0.4 is 5.32 Å². The summed E-state index contributed by atoms with van der Waals surface area (Å²) >= 11 is 11.9. The molecule has 3 aromatic rings. The summed E-state index contributed by atoms with van der Waals surface area (Å²) in [5.74, 6) is -0.884. The monoisotopic (exact) mass is 437 g/mol. The molecule has 1 heterocycles. The van der Waals surface area contributed by atoms with Crippen LogP contribution in [0.15, 0.2) is 70.2 Å². The number of nitrogens with one attached hydrogen (secondary N) is 1. The zero-order valence-electron chi connectivity index (χ0n) is 14.9. The van der Waals surface area contributed by atoms with Gasteiger partial charge in [0, 0.05) is 5.56 Å². The van der Waals surface area contributed by atoms with E-state index >= 15 is 0 Å². The van der Waals surface area contributed by atoms with Gasteiger partial charge in [-0.15, -0.1) is 0 Å². The highest BCUT2D eigenvalue weighted by molar-refractivity contribution is 7.90. The lowest BCUT2D eigenvalue weighted by Crippen LogP contribution is -2.27. The molecule has 28 heavy (non-hydrogen) atoms. The first kappa shape index (κ1) is 20.5. The van der Waals surface area contributed by atoms with Gasteiger partial charge in [-0.05, 0) is 42.8 Å². The molecule has 0 fully saturated rings. The Kier molecular flexibility index (Phi) is 6.13. The van der Waals surface area contributed by atoms with Crippen molar-refractivity contribution < 1.29 is 17.6 Å². The zero-order valence-corrected chi connectivity index (χ0v) is 17.2. The topological polar surface area (TPSA) is 76.4 Å². The van der Waals surface area contributed by atoms with Crippen molar-refractivity contribution in [1.29, 1.82) is 0 Å². The Labute approximate surface area is 173 Å². The Bertz CT molecular complexity index is 1090. The maximum Gasteiger partial charge on any atom is 0.287 e. The van der Waals surface area contributed by atoms with Crippen LogP contribution in [0.2, 0.25) is 10.0 Å². The lowest BCUT2D eigenvalue weighted by molar-refractivity contribution is 0.0911. The fourth-order valence-electron chi connectivity index (χ4n) is 2.69. The molecule has 1 unspecified atom stereocenters. The Morgan fingerprint density at radius 2 is 1.79 bits per heavy atom. The predicted molar refractivity (Wildman–Crippen MR) is 108 cm³/mol. The number of halogens is 2. The van der Waals surface area contributed by atoms with E-state index in [1.54, 1.807) is 43.3 Å². The highest BCUT2D eigenvalue weighted by Gasteiger charge is 2.23. The average Bonchev–Trinajstić information content (AvgIpc) is 3.12. The number of benzene rings is 2. The van der Waals surface area contributed by atoms with E-state index in [4.69, 9.17) is 27.6 Å². The maximum atomic E-state index is 12.6. The normalized spacial score (nSPS) is 12.5. The van der Waals surface area contributed by atoms with Crippen molar-refractivity contribution in [3.05, 3.63) is 87.8 Å². The Morgan fingerprint density at radius 1 is 1.07 bits per heavy atom. The zero-order chi connectivity index (χ0) is 20.3. The first-order chi connectivity index (χ1) is 13.3. The number of sulfone groups is 1. The van der Waals surface area contributed by atoms with Crippen molar-refractivity contribution in [2.45, 2.75) is 23.6 Å². The van der Waals surface area contributed by atoms with Gasteiger partial charge in [-0.3, -0.25) is 4.79 Å². The summed E-state index contributed by atoms with van der Waals surface area (Å²) in [6, 6.07) is 14.2. The summed E-state index contributed by atoms with van der Waals surface area (Å²) in [6.07, 6.45) is 1.30. The molecular weight excluding hydrogens is 421 g/mol. The van der Waals surface area contributed by atoms with Crippen LogP contribution in [-0.2, 0) is 15.6 Å². The third-order valence-electron chi connectivity index (χ3n) is 4.19. The third-order valence-corrected chi connectivity index (χ3v) is 6.61. The Morgan fingerprint density at radius 3 is 2.46 bits per heavy atom. The predicted octanol–water partition coefficient (Wildman–Crippen LogP) is 5.05. The molecule has 3 rings (SSSR count). The molecule has 1 N–H and O–H groups in total. The molecule has 2 aromatic carbocycles. The molecule has 1 amide bonds. The SMILES string of the molecule is CC(NC(=O)c1occc1CS(=O)(=O)c1ccccc1)c1ccc(Cl)c(Cl)c1. The van der Waals surface area contributed by atoms with Crippen molar-refractivity contribution in [1.82, 2.24) is 5.32 Å². The molecule has 0 radical (unpaired) electrons. The number of carbonyl (C=O) groups excluding carboxylic acids is 1. The molecule has 0 aliphatic carbocycles. The molecule has 0 saturated heterocycles. The lowest BCUT2D eigenvalue weighted by Gasteiger charge is -2.15. The number of furan rings is 1. The minimum absolute atomic E-state index is 0.0357. The molecular formula is C20H17Cl2NO4S. The first-order valence-electron chi connectivity index (χ1n) is 8.38. The Balaban J connectivity index is 1.77. The minimum Gasteiger partial charge on any atom is -0.459 e. The Hall–Kier alpha value is -2.28. The van der Waals surface area contributed by atoms with Gasteiger partial charge in [0.1, 0.15) is 0 Å². The van der Waals surface area contributed by atoms with E-state index in [2.05, 4.69) is 5.32 Å². The van der Waals surface area contributed by atoms with E-state index in [9.17, 15) is 13.2 Å². The molecule has 0 aliphatic heterocycles. The van der Waals surface area contributed by atoms with Crippen molar-refractivity contribution >= 4 is 38.9 Å². The average molecular weight is 438 g/mol. The van der Waals surface area contributed by atoms with E-state index in [0.29, 0.717) is 15.6 Å². The quantitative estimate of drug-likeness (QED) is 0.584. The third kappa shape index (κ3) is 4.58. The van der Waals surface area contributed by atoms with Gasteiger partial charge in [0.25, 0.3) is 5.91 Å². The summed E-state index contributed by atoms with van der Waals surface area (Å²) in [4.78, 5) is 12.8. The van der Waals surface area contributed by atoms with E-state index < -0.39 is 15.7 Å². The number of hydrogen-bond donors (Lipinski definition) is 1. The first-order valence-corrected chi connectivity index (χ1v) is 10.8. The molecule has 1 aromatic heterocycles. The molecule has 0 bridgehead atoms. The second kappa shape index (κ2) is 8.39. The molecule has 5 nitrogen and oxygen atoms in total. The summed E-state index contributed by atoms with van der Waals surface area (Å²) < 4.78 is 30.4. The van der Waals surface area contributed by atoms with Crippen LogP contribution >= 0.6 is 23.2 Å². The van der Waals surface area contributed by atoms with E-state index in [0.717, 1.165) is 5.56 Å². The minimum atomic E-state index is -3.60. The van der Waals surface area contributed by atoms with Gasteiger partial charge in [0.15, 0.2) is 15.6 Å². The number of amides is 1. The highest BCUT2D eigenvalue weighted by Crippen LogP contribution is 2.26. The molecule has 8 heteroatoms. The van der Waals surface area contributed by atoms with Crippen LogP contribution in [0.25, 0.3) is 0 Å². The lowest BCUT2D eigenvalue weighted by atomic mass is 10.1. The second-order valence-electron chi connectivity index (χ2n) is 6.22. The summed E-state index contributed by atoms with van der Waals surface area (Å²) in [5, 5.41) is 3.58. The van der Waals surface area contributed by atoms with Gasteiger partial charge >= 0.3 is 0 Å². The van der Waals surface area contributed by atoms with Crippen LogP contribution in [0.3, 0.4) is 0 Å². The maximum absolute atomic E-state index is 12.6. The van der Waals surface area contributed by atoms with E-state index in [1.807, 2.05) is 0 Å². The standard InChI is InChI=1S/C20H17Cl2NO4S/c1-13(14-7-8-17(21)18(22)11-14)23-20(24)19-15(9-10-27-19)12-28(25,26)16-5-3-2-4-6-16/h2-11,13H,12H2,1H3,(H,23,24). The number of rotatable bonds is 6. The van der Waals surface area contributed by atoms with E-state index in [-0.39, 0.29) is 22.5 Å². The summed E-state index contributed by atoms with van der Waals surface area (Å²) in [6.45, 7) is 1.78.